The maximum Gasteiger partial charge on any atom is 0.260 e. The number of hydrogen-bond donors (Lipinski definition) is 1. The van der Waals surface area contributed by atoms with E-state index < -0.39 is 17.5 Å². The van der Waals surface area contributed by atoms with Crippen LogP contribution in [0.5, 0.6) is 5.75 Å². The predicted molar refractivity (Wildman–Crippen MR) is 89.9 cm³/mol. The van der Waals surface area contributed by atoms with Crippen molar-refractivity contribution in [1.82, 2.24) is 10.2 Å². The Bertz CT molecular complexity index is 871. The van der Waals surface area contributed by atoms with Crippen LogP contribution in [0.4, 0.5) is 13.9 Å². The van der Waals surface area contributed by atoms with E-state index in [1.54, 1.807) is 0 Å². The normalized spacial score (nSPS) is 10.5. The number of para-hydroxylation sites is 1. The van der Waals surface area contributed by atoms with E-state index in [9.17, 15) is 13.6 Å². The second-order valence-corrected chi connectivity index (χ2v) is 6.05. The summed E-state index contributed by atoms with van der Waals surface area (Å²) in [6.45, 7) is 0.416. The first-order valence-electron chi connectivity index (χ1n) is 7.38. The molecule has 8 heteroatoms. The molecular formula is C17H13F2N3O2S. The second kappa shape index (κ2) is 7.80. The van der Waals surface area contributed by atoms with Crippen molar-refractivity contribution in [3.05, 3.63) is 70.7 Å². The number of nitrogens with one attached hydrogen (secondary N) is 1. The third-order valence-electron chi connectivity index (χ3n) is 3.19. The van der Waals surface area contributed by atoms with Crippen LogP contribution in [0.25, 0.3) is 0 Å². The largest absolute Gasteiger partial charge is 0.493 e. The summed E-state index contributed by atoms with van der Waals surface area (Å²) in [5.74, 6) is -1.63. The van der Waals surface area contributed by atoms with Gasteiger partial charge in [0.2, 0.25) is 5.13 Å². The minimum Gasteiger partial charge on any atom is -0.493 e. The Balaban J connectivity index is 1.55. The average molecular weight is 361 g/mol. The first-order chi connectivity index (χ1) is 12.1. The maximum atomic E-state index is 13.6. The number of amides is 1. The fourth-order valence-electron chi connectivity index (χ4n) is 2.02. The molecule has 0 aliphatic carbocycles. The van der Waals surface area contributed by atoms with Crippen molar-refractivity contribution in [3.8, 4) is 5.75 Å². The molecule has 128 valence electrons. The van der Waals surface area contributed by atoms with Crippen LogP contribution in [-0.2, 0) is 6.42 Å². The van der Waals surface area contributed by atoms with Crippen molar-refractivity contribution in [2.24, 2.45) is 0 Å². The molecule has 25 heavy (non-hydrogen) atoms. The third kappa shape index (κ3) is 4.57. The quantitative estimate of drug-likeness (QED) is 0.727. The number of rotatable bonds is 6. The summed E-state index contributed by atoms with van der Waals surface area (Å²) in [7, 11) is 0. The van der Waals surface area contributed by atoms with Crippen LogP contribution >= 0.6 is 11.3 Å². The van der Waals surface area contributed by atoms with E-state index >= 15 is 0 Å². The molecule has 3 rings (SSSR count). The second-order valence-electron chi connectivity index (χ2n) is 4.99. The van der Waals surface area contributed by atoms with Gasteiger partial charge in [0.05, 0.1) is 12.2 Å². The zero-order valence-electron chi connectivity index (χ0n) is 12.9. The van der Waals surface area contributed by atoms with Gasteiger partial charge < -0.3 is 4.74 Å². The van der Waals surface area contributed by atoms with E-state index in [1.165, 1.54) is 11.3 Å². The molecule has 0 saturated heterocycles. The van der Waals surface area contributed by atoms with Gasteiger partial charge in [-0.2, -0.15) is 0 Å². The zero-order valence-corrected chi connectivity index (χ0v) is 13.7. The Morgan fingerprint density at radius 1 is 1.12 bits per heavy atom. The zero-order chi connectivity index (χ0) is 17.6. The van der Waals surface area contributed by atoms with Crippen LogP contribution in [0.3, 0.4) is 0 Å². The Hall–Kier alpha value is -2.87. The monoisotopic (exact) mass is 361 g/mol. The van der Waals surface area contributed by atoms with Crippen LogP contribution in [0.15, 0.2) is 48.5 Å². The van der Waals surface area contributed by atoms with Gasteiger partial charge in [0.1, 0.15) is 22.4 Å². The van der Waals surface area contributed by atoms with Gasteiger partial charge in [0, 0.05) is 12.5 Å². The van der Waals surface area contributed by atoms with E-state index in [4.69, 9.17) is 4.74 Å². The standard InChI is InChI=1S/C17H13F2N3O2S/c18-11-6-7-13(14(19)10-11)16(23)20-17-22-21-15(25-17)8-9-24-12-4-2-1-3-5-12/h1-7,10H,8-9H2,(H,20,22,23). The average Bonchev–Trinajstić information content (AvgIpc) is 3.03. The van der Waals surface area contributed by atoms with Crippen LogP contribution in [-0.4, -0.2) is 22.7 Å². The first kappa shape index (κ1) is 17.0. The lowest BCUT2D eigenvalue weighted by atomic mass is 10.2. The summed E-state index contributed by atoms with van der Waals surface area (Å²) >= 11 is 1.17. The number of carbonyl (C=O) groups excluding carboxylic acids is 1. The molecule has 0 unspecified atom stereocenters. The Labute approximate surface area is 146 Å². The summed E-state index contributed by atoms with van der Waals surface area (Å²) < 4.78 is 32.0. The van der Waals surface area contributed by atoms with Crippen molar-refractivity contribution in [2.75, 3.05) is 11.9 Å². The lowest BCUT2D eigenvalue weighted by Crippen LogP contribution is -2.13. The Morgan fingerprint density at radius 3 is 2.68 bits per heavy atom. The van der Waals surface area contributed by atoms with E-state index in [-0.39, 0.29) is 10.7 Å². The number of hydrogen-bond acceptors (Lipinski definition) is 5. The van der Waals surface area contributed by atoms with Gasteiger partial charge in [-0.1, -0.05) is 29.5 Å². The molecule has 0 saturated carbocycles. The summed E-state index contributed by atoms with van der Waals surface area (Å²) in [5, 5.41) is 11.2. The lowest BCUT2D eigenvalue weighted by Gasteiger charge is -2.03. The molecule has 2 aromatic carbocycles. The molecule has 0 atom stereocenters. The van der Waals surface area contributed by atoms with E-state index in [0.717, 1.165) is 17.9 Å². The third-order valence-corrected chi connectivity index (χ3v) is 4.09. The summed E-state index contributed by atoms with van der Waals surface area (Å²) in [6.07, 6.45) is 0.521. The number of benzene rings is 2. The van der Waals surface area contributed by atoms with Crippen LogP contribution in [0.1, 0.15) is 15.4 Å². The van der Waals surface area contributed by atoms with Crippen molar-refractivity contribution >= 4 is 22.4 Å². The van der Waals surface area contributed by atoms with Crippen molar-refractivity contribution in [2.45, 2.75) is 6.42 Å². The SMILES string of the molecule is O=C(Nc1nnc(CCOc2ccccc2)s1)c1ccc(F)cc1F. The Kier molecular flexibility index (Phi) is 5.30. The summed E-state index contributed by atoms with van der Waals surface area (Å²) in [6, 6.07) is 12.1. The minimum absolute atomic E-state index is 0.239. The number of anilines is 1. The first-order valence-corrected chi connectivity index (χ1v) is 8.20. The van der Waals surface area contributed by atoms with E-state index in [0.29, 0.717) is 24.1 Å². The van der Waals surface area contributed by atoms with Gasteiger partial charge >= 0.3 is 0 Å². The summed E-state index contributed by atoms with van der Waals surface area (Å²) in [5.41, 5.74) is -0.259. The molecular weight excluding hydrogens is 348 g/mol. The molecule has 0 bridgehead atoms. The molecule has 0 fully saturated rings. The molecule has 0 aliphatic heterocycles. The molecule has 1 aromatic heterocycles. The molecule has 5 nitrogen and oxygen atoms in total. The smallest absolute Gasteiger partial charge is 0.260 e. The van der Waals surface area contributed by atoms with Crippen LogP contribution in [0, 0.1) is 11.6 Å². The van der Waals surface area contributed by atoms with Gasteiger partial charge in [-0.3, -0.25) is 10.1 Å². The highest BCUT2D eigenvalue weighted by atomic mass is 32.1. The molecule has 1 N–H and O–H groups in total. The highest BCUT2D eigenvalue weighted by molar-refractivity contribution is 7.15. The molecule has 1 heterocycles. The highest BCUT2D eigenvalue weighted by Crippen LogP contribution is 2.18. The topological polar surface area (TPSA) is 64.1 Å². The Morgan fingerprint density at radius 2 is 1.92 bits per heavy atom. The molecule has 3 aromatic rings. The number of halogens is 2. The van der Waals surface area contributed by atoms with Crippen molar-refractivity contribution in [3.63, 3.8) is 0 Å². The molecule has 1 amide bonds. The van der Waals surface area contributed by atoms with Gasteiger partial charge in [-0.15, -0.1) is 10.2 Å². The predicted octanol–water partition coefficient (Wildman–Crippen LogP) is 3.69. The fraction of sp³-hybridized carbons (Fsp3) is 0.118. The lowest BCUT2D eigenvalue weighted by molar-refractivity contribution is 0.102. The van der Waals surface area contributed by atoms with Gasteiger partial charge in [0.25, 0.3) is 5.91 Å². The maximum absolute atomic E-state index is 13.6. The van der Waals surface area contributed by atoms with E-state index in [2.05, 4.69) is 15.5 Å². The summed E-state index contributed by atoms with van der Waals surface area (Å²) in [4.78, 5) is 12.0. The van der Waals surface area contributed by atoms with Gasteiger partial charge in [-0.25, -0.2) is 8.78 Å². The minimum atomic E-state index is -0.932. The van der Waals surface area contributed by atoms with Gasteiger partial charge in [-0.05, 0) is 24.3 Å². The van der Waals surface area contributed by atoms with E-state index in [1.807, 2.05) is 30.3 Å². The number of aromatic nitrogens is 2. The number of ether oxygens (including phenoxy) is 1. The molecule has 0 aliphatic rings. The highest BCUT2D eigenvalue weighted by Gasteiger charge is 2.15. The molecule has 0 spiro atoms. The van der Waals surface area contributed by atoms with Crippen molar-refractivity contribution in [1.29, 1.82) is 0 Å². The molecule has 0 radical (unpaired) electrons. The van der Waals surface area contributed by atoms with Crippen molar-refractivity contribution < 1.29 is 18.3 Å². The van der Waals surface area contributed by atoms with Crippen LogP contribution < -0.4 is 10.1 Å². The van der Waals surface area contributed by atoms with Crippen LogP contribution in [0.2, 0.25) is 0 Å². The van der Waals surface area contributed by atoms with Gasteiger partial charge in [0.15, 0.2) is 0 Å². The number of nitrogens with zero attached hydrogens (tertiary/aromatic N) is 2. The number of carbonyl (C=O) groups is 1. The fourth-order valence-corrected chi connectivity index (χ4v) is 2.73.